The number of hydrogen-bond donors (Lipinski definition) is 0. The molecule has 0 saturated carbocycles. The smallest absolute Gasteiger partial charge is 0.258 e. The maximum atomic E-state index is 11.3. The number of thiazole rings is 1. The Kier molecular flexibility index (Phi) is 3.86. The third-order valence-electron chi connectivity index (χ3n) is 4.41. The van der Waals surface area contributed by atoms with Gasteiger partial charge in [-0.3, -0.25) is 15.0 Å². The van der Waals surface area contributed by atoms with E-state index in [0.29, 0.717) is 11.7 Å². The molecule has 0 aliphatic carbocycles. The lowest BCUT2D eigenvalue weighted by Crippen LogP contribution is -2.38. The summed E-state index contributed by atoms with van der Waals surface area (Å²) in [4.78, 5) is 20.9. The summed E-state index contributed by atoms with van der Waals surface area (Å²) in [5.74, 6) is 0.901. The summed E-state index contributed by atoms with van der Waals surface area (Å²) in [5, 5.41) is 12.4. The zero-order chi connectivity index (χ0) is 16.5. The van der Waals surface area contributed by atoms with Crippen LogP contribution in [-0.2, 0) is 0 Å². The van der Waals surface area contributed by atoms with E-state index in [2.05, 4.69) is 16.0 Å². The van der Waals surface area contributed by atoms with Gasteiger partial charge in [-0.2, -0.15) is 0 Å². The predicted octanol–water partition coefficient (Wildman–Crippen LogP) is 3.40. The molecule has 1 aliphatic heterocycles. The highest BCUT2D eigenvalue weighted by atomic mass is 32.1. The molecule has 1 N–H and O–H groups in total. The van der Waals surface area contributed by atoms with Crippen molar-refractivity contribution in [3.05, 3.63) is 57.7 Å². The van der Waals surface area contributed by atoms with Gasteiger partial charge in [-0.15, -0.1) is 11.3 Å². The first kappa shape index (κ1) is 15.0. The zero-order valence-electron chi connectivity index (χ0n) is 13.0. The minimum absolute atomic E-state index is 0.127. The highest BCUT2D eigenvalue weighted by molar-refractivity contribution is 7.18. The van der Waals surface area contributed by atoms with Crippen LogP contribution in [-0.4, -0.2) is 23.0 Å². The molecule has 3 aromatic rings. The zero-order valence-corrected chi connectivity index (χ0v) is 13.8. The average molecular weight is 341 g/mol. The van der Waals surface area contributed by atoms with Crippen LogP contribution in [0.5, 0.6) is 0 Å². The van der Waals surface area contributed by atoms with E-state index in [0.717, 1.165) is 36.5 Å². The summed E-state index contributed by atoms with van der Waals surface area (Å²) in [5.41, 5.74) is 1.16. The lowest BCUT2D eigenvalue weighted by atomic mass is 9.98. The number of piperidine rings is 1. The Bertz CT molecular complexity index is 862. The predicted molar refractivity (Wildman–Crippen MR) is 93.5 cm³/mol. The van der Waals surface area contributed by atoms with Gasteiger partial charge in [0.05, 0.1) is 34.4 Å². The van der Waals surface area contributed by atoms with Crippen molar-refractivity contribution in [1.82, 2.24) is 4.98 Å². The van der Waals surface area contributed by atoms with Crippen LogP contribution in [0.15, 0.2) is 42.6 Å². The van der Waals surface area contributed by atoms with Gasteiger partial charge in [0.15, 0.2) is 0 Å². The van der Waals surface area contributed by atoms with Crippen LogP contribution in [0.2, 0.25) is 0 Å². The summed E-state index contributed by atoms with van der Waals surface area (Å²) in [7, 11) is 0. The van der Waals surface area contributed by atoms with Gasteiger partial charge in [-0.05, 0) is 31.0 Å². The van der Waals surface area contributed by atoms with Crippen LogP contribution in [0, 0.1) is 10.1 Å². The lowest BCUT2D eigenvalue weighted by Gasteiger charge is -2.26. The molecule has 2 aromatic heterocycles. The molecular formula is C17H17N4O2S+. The molecule has 1 fully saturated rings. The number of benzene rings is 1. The summed E-state index contributed by atoms with van der Waals surface area (Å²) >= 11 is 1.73. The van der Waals surface area contributed by atoms with Gasteiger partial charge >= 0.3 is 11.5 Å². The summed E-state index contributed by atoms with van der Waals surface area (Å²) in [6, 6.07) is 11.4. The first-order valence-corrected chi connectivity index (χ1v) is 8.79. The highest BCUT2D eigenvalue weighted by Gasteiger charge is 2.34. The molecule has 1 saturated heterocycles. The van der Waals surface area contributed by atoms with E-state index in [1.165, 1.54) is 4.70 Å². The van der Waals surface area contributed by atoms with Crippen molar-refractivity contribution >= 4 is 33.1 Å². The monoisotopic (exact) mass is 341 g/mol. The maximum absolute atomic E-state index is 11.3. The minimum Gasteiger partial charge on any atom is -0.258 e. The fraction of sp³-hybridized carbons (Fsp3) is 0.294. The number of rotatable bonds is 3. The van der Waals surface area contributed by atoms with Crippen molar-refractivity contribution in [2.75, 3.05) is 18.0 Å². The Labute approximate surface area is 142 Å². The number of para-hydroxylation sites is 1. The molecule has 24 heavy (non-hydrogen) atoms. The molecule has 0 radical (unpaired) electrons. The number of aromatic nitrogens is 2. The van der Waals surface area contributed by atoms with E-state index >= 15 is 0 Å². The summed E-state index contributed by atoms with van der Waals surface area (Å²) < 4.78 is 1.20. The molecule has 0 spiro atoms. The average Bonchev–Trinajstić information content (AvgIpc) is 3.06. The number of hydrogen-bond acceptors (Lipinski definition) is 5. The molecule has 6 nitrogen and oxygen atoms in total. The van der Waals surface area contributed by atoms with Gasteiger partial charge in [0.1, 0.15) is 5.01 Å². The lowest BCUT2D eigenvalue weighted by molar-refractivity contribution is -0.411. The maximum Gasteiger partial charge on any atom is 0.357 e. The summed E-state index contributed by atoms with van der Waals surface area (Å²) in [6.45, 7) is 1.57. The normalized spacial score (nSPS) is 18.0. The third-order valence-corrected chi connectivity index (χ3v) is 5.61. The standard InChI is InChI=1S/C17H16N4O2S/c22-21(23)14-7-3-9-18-16(14)20-10-4-5-12(11-20)17-19-13-6-1-2-8-15(13)24-17/h1-3,6-9,12H,4-5,10-11H2/p+1/t12-/m1/s1. The first-order valence-electron chi connectivity index (χ1n) is 7.98. The van der Waals surface area contributed by atoms with Crippen LogP contribution < -0.4 is 9.88 Å². The van der Waals surface area contributed by atoms with Crippen LogP contribution in [0.3, 0.4) is 0 Å². The van der Waals surface area contributed by atoms with Crippen molar-refractivity contribution in [3.8, 4) is 0 Å². The summed E-state index contributed by atoms with van der Waals surface area (Å²) in [6.07, 6.45) is 3.81. The van der Waals surface area contributed by atoms with Gasteiger partial charge < -0.3 is 0 Å². The Morgan fingerprint density at radius 2 is 2.17 bits per heavy atom. The van der Waals surface area contributed by atoms with E-state index in [1.807, 2.05) is 18.2 Å². The number of H-pyrrole nitrogens is 1. The first-order chi connectivity index (χ1) is 11.7. The van der Waals surface area contributed by atoms with Crippen molar-refractivity contribution < 1.29 is 9.91 Å². The number of nitro groups is 1. The molecule has 1 atom stereocenters. The second kappa shape index (κ2) is 6.16. The fourth-order valence-corrected chi connectivity index (χ4v) is 4.36. The third kappa shape index (κ3) is 2.71. The minimum atomic E-state index is -0.326. The molecule has 122 valence electrons. The largest absolute Gasteiger partial charge is 0.357 e. The van der Waals surface area contributed by atoms with Gasteiger partial charge in [-0.1, -0.05) is 12.1 Å². The van der Waals surface area contributed by atoms with Crippen molar-refractivity contribution in [1.29, 1.82) is 0 Å². The van der Waals surface area contributed by atoms with Gasteiger partial charge in [0.2, 0.25) is 0 Å². The number of anilines is 1. The van der Waals surface area contributed by atoms with E-state index in [-0.39, 0.29) is 10.6 Å². The van der Waals surface area contributed by atoms with Gasteiger partial charge in [0, 0.05) is 12.0 Å². The number of fused-ring (bicyclic) bond motifs is 1. The van der Waals surface area contributed by atoms with Gasteiger partial charge in [0.25, 0.3) is 0 Å². The van der Waals surface area contributed by atoms with Crippen molar-refractivity contribution in [2.45, 2.75) is 18.8 Å². The number of nitrogens with one attached hydrogen (secondary N) is 1. The van der Waals surface area contributed by atoms with E-state index in [1.54, 1.807) is 29.7 Å². The molecule has 0 unspecified atom stereocenters. The van der Waals surface area contributed by atoms with E-state index < -0.39 is 0 Å². The quantitative estimate of drug-likeness (QED) is 0.540. The highest BCUT2D eigenvalue weighted by Crippen LogP contribution is 2.35. The molecule has 1 aromatic carbocycles. The number of nitrogens with zero attached hydrogens (tertiary/aromatic N) is 3. The second-order valence-electron chi connectivity index (χ2n) is 5.97. The second-order valence-corrected chi connectivity index (χ2v) is 7.03. The van der Waals surface area contributed by atoms with Gasteiger partial charge in [-0.25, -0.2) is 9.97 Å². The van der Waals surface area contributed by atoms with Crippen molar-refractivity contribution in [3.63, 3.8) is 0 Å². The Morgan fingerprint density at radius 1 is 1.29 bits per heavy atom. The molecule has 7 heteroatoms. The van der Waals surface area contributed by atoms with E-state index in [9.17, 15) is 10.1 Å². The SMILES string of the molecule is O=[N+]([O-])c1ccc[nH+]c1N1CCC[C@@H](c2nc3ccccc3s2)C1. The Hall–Kier alpha value is -2.54. The van der Waals surface area contributed by atoms with E-state index in [4.69, 9.17) is 4.98 Å². The molecule has 1 aliphatic rings. The Balaban J connectivity index is 1.63. The fourth-order valence-electron chi connectivity index (χ4n) is 3.27. The van der Waals surface area contributed by atoms with Crippen LogP contribution in [0.4, 0.5) is 11.5 Å². The molecule has 4 rings (SSSR count). The van der Waals surface area contributed by atoms with Crippen LogP contribution >= 0.6 is 11.3 Å². The number of aromatic amines is 1. The Morgan fingerprint density at radius 3 is 3.00 bits per heavy atom. The number of pyridine rings is 1. The molecule has 0 bridgehead atoms. The van der Waals surface area contributed by atoms with Crippen molar-refractivity contribution in [2.24, 2.45) is 0 Å². The van der Waals surface area contributed by atoms with Crippen LogP contribution in [0.25, 0.3) is 10.2 Å². The molecule has 0 amide bonds. The molecule has 3 heterocycles. The molecular weight excluding hydrogens is 324 g/mol. The van der Waals surface area contributed by atoms with Crippen LogP contribution in [0.1, 0.15) is 23.8 Å². The topological polar surface area (TPSA) is 73.4 Å².